The van der Waals surface area contributed by atoms with Crippen molar-refractivity contribution in [1.82, 2.24) is 0 Å². The summed E-state index contributed by atoms with van der Waals surface area (Å²) in [6.45, 7) is 4.04. The number of halogens is 1. The molecule has 0 saturated carbocycles. The summed E-state index contributed by atoms with van der Waals surface area (Å²) < 4.78 is 10.7. The van der Waals surface area contributed by atoms with Crippen LogP contribution in [0.2, 0.25) is 5.02 Å². The van der Waals surface area contributed by atoms with Crippen LogP contribution in [0.3, 0.4) is 0 Å². The molecular formula is C26H19ClO5S. The molecule has 0 atom stereocenters. The molecule has 1 heterocycles. The second-order valence-corrected chi connectivity index (χ2v) is 8.87. The summed E-state index contributed by atoms with van der Waals surface area (Å²) in [7, 11) is 0. The van der Waals surface area contributed by atoms with Crippen molar-refractivity contribution in [1.29, 1.82) is 0 Å². The second-order valence-electron chi connectivity index (χ2n) is 7.38. The lowest BCUT2D eigenvalue weighted by molar-refractivity contribution is -0.123. The highest BCUT2D eigenvalue weighted by Gasteiger charge is 2.24. The molecule has 1 N–H and O–H groups in total. The number of hydrogen-bond donors (Lipinski definition) is 1. The lowest BCUT2D eigenvalue weighted by atomic mass is 9.94. The Morgan fingerprint density at radius 3 is 2.36 bits per heavy atom. The van der Waals surface area contributed by atoms with E-state index in [1.54, 1.807) is 36.4 Å². The molecule has 0 unspecified atom stereocenters. The number of phenols is 1. The number of fused-ring (bicyclic) bond motifs is 1. The smallest absolute Gasteiger partial charge is 0.298 e. The van der Waals surface area contributed by atoms with Gasteiger partial charge in [0.2, 0.25) is 5.78 Å². The molecule has 0 aliphatic rings. The van der Waals surface area contributed by atoms with E-state index < -0.39 is 0 Å². The fourth-order valence-corrected chi connectivity index (χ4v) is 5.32. The summed E-state index contributed by atoms with van der Waals surface area (Å²) in [6.07, 6.45) is 2.39. The highest BCUT2D eigenvalue weighted by atomic mass is 35.5. The van der Waals surface area contributed by atoms with Gasteiger partial charge in [0.15, 0.2) is 0 Å². The molecule has 0 amide bonds. The van der Waals surface area contributed by atoms with Crippen LogP contribution in [0, 0.1) is 13.8 Å². The molecule has 33 heavy (non-hydrogen) atoms. The summed E-state index contributed by atoms with van der Waals surface area (Å²) in [5, 5.41) is 11.4. The number of hydrogen-bond acceptors (Lipinski definition) is 6. The van der Waals surface area contributed by atoms with E-state index >= 15 is 0 Å². The first-order chi connectivity index (χ1) is 15.9. The van der Waals surface area contributed by atoms with Crippen molar-refractivity contribution in [2.24, 2.45) is 0 Å². The van der Waals surface area contributed by atoms with Crippen LogP contribution in [0.4, 0.5) is 0 Å². The SMILES string of the molecule is Cc1cc(Cl)cc(C)c1C(=O)c1sc2cc(O)ccc2c1-c1ccc(O/C=C/OC=O)cc1. The van der Waals surface area contributed by atoms with E-state index in [9.17, 15) is 14.7 Å². The monoisotopic (exact) mass is 478 g/mol. The predicted molar refractivity (Wildman–Crippen MR) is 130 cm³/mol. The average molecular weight is 479 g/mol. The third kappa shape index (κ3) is 4.62. The van der Waals surface area contributed by atoms with E-state index in [0.717, 1.165) is 38.6 Å². The largest absolute Gasteiger partial charge is 0.508 e. The summed E-state index contributed by atoms with van der Waals surface area (Å²) >= 11 is 7.52. The van der Waals surface area contributed by atoms with Gasteiger partial charge in [-0.1, -0.05) is 23.7 Å². The average Bonchev–Trinajstić information content (AvgIpc) is 3.15. The normalized spacial score (nSPS) is 11.1. The van der Waals surface area contributed by atoms with Gasteiger partial charge in [-0.15, -0.1) is 11.3 Å². The van der Waals surface area contributed by atoms with Gasteiger partial charge in [0, 0.05) is 26.2 Å². The van der Waals surface area contributed by atoms with E-state index in [0.29, 0.717) is 27.7 Å². The number of carbonyl (C=O) groups excluding carboxylic acids is 2. The van der Waals surface area contributed by atoms with Gasteiger partial charge >= 0.3 is 0 Å². The Bertz CT molecular complexity index is 1360. The molecule has 0 bridgehead atoms. The van der Waals surface area contributed by atoms with Crippen molar-refractivity contribution in [3.05, 3.63) is 93.7 Å². The number of benzene rings is 3. The highest BCUT2D eigenvalue weighted by Crippen LogP contribution is 2.42. The molecule has 5 nitrogen and oxygen atoms in total. The number of carbonyl (C=O) groups is 2. The van der Waals surface area contributed by atoms with Gasteiger partial charge in [-0.25, -0.2) is 0 Å². The topological polar surface area (TPSA) is 72.8 Å². The van der Waals surface area contributed by atoms with Crippen LogP contribution in [-0.4, -0.2) is 17.4 Å². The zero-order valence-corrected chi connectivity index (χ0v) is 19.4. The van der Waals surface area contributed by atoms with Gasteiger partial charge in [-0.3, -0.25) is 9.59 Å². The number of aryl methyl sites for hydroxylation is 2. The number of rotatable bonds is 7. The quantitative estimate of drug-likeness (QED) is 0.180. The zero-order valence-electron chi connectivity index (χ0n) is 17.8. The minimum atomic E-state index is -0.0911. The van der Waals surface area contributed by atoms with Crippen LogP contribution in [0.5, 0.6) is 11.5 Å². The van der Waals surface area contributed by atoms with Gasteiger partial charge in [0.05, 0.1) is 4.88 Å². The lowest BCUT2D eigenvalue weighted by Crippen LogP contribution is -2.06. The molecule has 166 valence electrons. The van der Waals surface area contributed by atoms with Gasteiger partial charge < -0.3 is 14.6 Å². The van der Waals surface area contributed by atoms with Crippen molar-refractivity contribution in [2.45, 2.75) is 13.8 Å². The van der Waals surface area contributed by atoms with E-state index in [4.69, 9.17) is 16.3 Å². The first kappa shape index (κ1) is 22.6. The number of ether oxygens (including phenoxy) is 2. The number of aromatic hydroxyl groups is 1. The Hall–Kier alpha value is -3.61. The van der Waals surface area contributed by atoms with E-state index in [-0.39, 0.29) is 11.5 Å². The summed E-state index contributed by atoms with van der Waals surface area (Å²) in [6, 6.07) is 15.9. The first-order valence-electron chi connectivity index (χ1n) is 9.97. The van der Waals surface area contributed by atoms with E-state index in [2.05, 4.69) is 4.74 Å². The maximum absolute atomic E-state index is 13.7. The standard InChI is InChI=1S/C26H19ClO5S/c1-15-11-18(27)12-16(2)23(15)25(30)26-24(21-8-5-19(29)13-22(21)33-26)17-3-6-20(7-4-17)32-10-9-31-14-28/h3-14,29H,1-2H3/b10-9+. The van der Waals surface area contributed by atoms with Crippen molar-refractivity contribution < 1.29 is 24.2 Å². The van der Waals surface area contributed by atoms with Gasteiger partial charge in [0.25, 0.3) is 6.47 Å². The maximum Gasteiger partial charge on any atom is 0.298 e. The van der Waals surface area contributed by atoms with Crippen molar-refractivity contribution in [3.8, 4) is 22.6 Å². The summed E-state index contributed by atoms with van der Waals surface area (Å²) in [5.41, 5.74) is 3.87. The number of phenolic OH excluding ortho intramolecular Hbond substituents is 1. The van der Waals surface area contributed by atoms with E-state index in [1.165, 1.54) is 17.6 Å². The molecule has 7 heteroatoms. The Kier molecular flexibility index (Phi) is 6.49. The molecule has 0 saturated heterocycles. The molecule has 4 rings (SSSR count). The first-order valence-corrected chi connectivity index (χ1v) is 11.2. The van der Waals surface area contributed by atoms with Crippen molar-refractivity contribution in [3.63, 3.8) is 0 Å². The molecule has 0 fully saturated rings. The summed E-state index contributed by atoms with van der Waals surface area (Å²) in [5.74, 6) is 0.590. The minimum absolute atomic E-state index is 0.0911. The second kappa shape index (κ2) is 9.48. The third-order valence-electron chi connectivity index (χ3n) is 5.14. The summed E-state index contributed by atoms with van der Waals surface area (Å²) in [4.78, 5) is 24.5. The minimum Gasteiger partial charge on any atom is -0.508 e. The van der Waals surface area contributed by atoms with Gasteiger partial charge in [0.1, 0.15) is 24.0 Å². The Labute approximate surface area is 199 Å². The molecule has 0 radical (unpaired) electrons. The fraction of sp³-hybridized carbons (Fsp3) is 0.0769. The Balaban J connectivity index is 1.82. The molecule has 0 aliphatic carbocycles. The van der Waals surface area contributed by atoms with E-state index in [1.807, 2.05) is 32.0 Å². The Morgan fingerprint density at radius 2 is 1.70 bits per heavy atom. The van der Waals surface area contributed by atoms with Crippen molar-refractivity contribution >= 4 is 45.3 Å². The fourth-order valence-electron chi connectivity index (χ4n) is 3.78. The molecule has 0 aliphatic heterocycles. The molecule has 4 aromatic rings. The molecular weight excluding hydrogens is 460 g/mol. The zero-order chi connectivity index (χ0) is 23.5. The predicted octanol–water partition coefficient (Wildman–Crippen LogP) is 6.80. The Morgan fingerprint density at radius 1 is 1.00 bits per heavy atom. The lowest BCUT2D eigenvalue weighted by Gasteiger charge is -2.11. The number of thiophene rings is 1. The van der Waals surface area contributed by atoms with Crippen LogP contribution in [0.25, 0.3) is 21.2 Å². The third-order valence-corrected chi connectivity index (χ3v) is 6.51. The number of ketones is 1. The van der Waals surface area contributed by atoms with Crippen LogP contribution in [0.15, 0.2) is 67.1 Å². The van der Waals surface area contributed by atoms with Crippen LogP contribution < -0.4 is 4.74 Å². The highest BCUT2D eigenvalue weighted by molar-refractivity contribution is 7.21. The molecule has 3 aromatic carbocycles. The van der Waals surface area contributed by atoms with Crippen LogP contribution in [-0.2, 0) is 9.53 Å². The molecule has 0 spiro atoms. The van der Waals surface area contributed by atoms with Crippen molar-refractivity contribution in [2.75, 3.05) is 0 Å². The maximum atomic E-state index is 13.7. The van der Waals surface area contributed by atoms with Gasteiger partial charge in [-0.05, 0) is 73.0 Å². The molecule has 1 aromatic heterocycles. The van der Waals surface area contributed by atoms with Gasteiger partial charge in [-0.2, -0.15) is 0 Å². The van der Waals surface area contributed by atoms with Crippen LogP contribution in [0.1, 0.15) is 26.4 Å². The van der Waals surface area contributed by atoms with Crippen LogP contribution >= 0.6 is 22.9 Å².